The molecule has 0 radical (unpaired) electrons. The summed E-state index contributed by atoms with van der Waals surface area (Å²) in [5, 5.41) is 16.6. The first-order chi connectivity index (χ1) is 23.4. The van der Waals surface area contributed by atoms with Gasteiger partial charge < -0.3 is 20.5 Å². The van der Waals surface area contributed by atoms with Gasteiger partial charge in [0.2, 0.25) is 5.91 Å². The van der Waals surface area contributed by atoms with Crippen molar-refractivity contribution in [3.05, 3.63) is 105 Å². The zero-order valence-electron chi connectivity index (χ0n) is 26.0. The third-order valence-electron chi connectivity index (χ3n) is 8.61. The van der Waals surface area contributed by atoms with Crippen LogP contribution in [0.1, 0.15) is 29.8 Å². The van der Waals surface area contributed by atoms with Crippen LogP contribution in [0.25, 0.3) is 33.2 Å². The molecule has 1 saturated heterocycles. The Bertz CT molecular complexity index is 2210. The highest BCUT2D eigenvalue weighted by Gasteiger charge is 2.22. The van der Waals surface area contributed by atoms with Crippen molar-refractivity contribution in [3.63, 3.8) is 0 Å². The van der Waals surface area contributed by atoms with E-state index < -0.39 is 0 Å². The maximum absolute atomic E-state index is 14.5. The Hall–Kier alpha value is -5.33. The second kappa shape index (κ2) is 13.4. The lowest BCUT2D eigenvalue weighted by Crippen LogP contribution is -2.40. The maximum atomic E-state index is 14.5. The summed E-state index contributed by atoms with van der Waals surface area (Å²) in [4.78, 5) is 42.8. The first-order valence-corrected chi connectivity index (χ1v) is 16.1. The number of morpholine rings is 1. The van der Waals surface area contributed by atoms with E-state index in [1.807, 2.05) is 47.4 Å². The van der Waals surface area contributed by atoms with Crippen LogP contribution in [0.2, 0.25) is 5.02 Å². The van der Waals surface area contributed by atoms with Gasteiger partial charge in [0.25, 0.3) is 5.56 Å². The van der Waals surface area contributed by atoms with Crippen LogP contribution < -0.4 is 11.3 Å². The lowest BCUT2D eigenvalue weighted by molar-refractivity contribution is -0.135. The van der Waals surface area contributed by atoms with Crippen LogP contribution in [0.4, 0.5) is 5.82 Å². The molecule has 1 aliphatic rings. The summed E-state index contributed by atoms with van der Waals surface area (Å²) in [6.07, 6.45) is 2.89. The summed E-state index contributed by atoms with van der Waals surface area (Å²) in [5.74, 6) is 0.852. The van der Waals surface area contributed by atoms with Crippen molar-refractivity contribution in [1.82, 2.24) is 34.2 Å². The average Bonchev–Trinajstić information content (AvgIpc) is 3.47. The van der Waals surface area contributed by atoms with Crippen LogP contribution in [0.3, 0.4) is 0 Å². The van der Waals surface area contributed by atoms with E-state index >= 15 is 0 Å². The largest absolute Gasteiger partial charge is 0.508 e. The van der Waals surface area contributed by atoms with Crippen molar-refractivity contribution in [2.45, 2.75) is 32.4 Å². The second-order valence-corrected chi connectivity index (χ2v) is 12.1. The molecule has 0 aliphatic carbocycles. The molecule has 1 amide bonds. The van der Waals surface area contributed by atoms with Gasteiger partial charge in [0.05, 0.1) is 36.0 Å². The molecule has 0 bridgehead atoms. The maximum Gasteiger partial charge on any atom is 0.262 e. The Balaban J connectivity index is 1.30. The number of phenols is 1. The first-order valence-electron chi connectivity index (χ1n) is 15.7. The number of carbonyl (C=O) groups excluding carboxylic acids is 1. The number of aromatic nitrogens is 6. The molecular formula is C35H33ClN8O4. The fourth-order valence-electron chi connectivity index (χ4n) is 6.20. The molecule has 3 N–H and O–H groups in total. The Morgan fingerprint density at radius 3 is 2.56 bits per heavy atom. The van der Waals surface area contributed by atoms with Gasteiger partial charge in [-0.1, -0.05) is 54.1 Å². The predicted octanol–water partition coefficient (Wildman–Crippen LogP) is 4.42. The number of aromatic hydroxyl groups is 1. The van der Waals surface area contributed by atoms with Crippen LogP contribution in [0.5, 0.6) is 5.75 Å². The van der Waals surface area contributed by atoms with Crippen molar-refractivity contribution < 1.29 is 14.6 Å². The zero-order valence-corrected chi connectivity index (χ0v) is 26.8. The summed E-state index contributed by atoms with van der Waals surface area (Å²) in [6, 6.07) is 19.7. The number of nitrogen functional groups attached to an aromatic ring is 1. The molecule has 13 heteroatoms. The van der Waals surface area contributed by atoms with Gasteiger partial charge in [-0.15, -0.1) is 0 Å². The average molecular weight is 665 g/mol. The highest BCUT2D eigenvalue weighted by molar-refractivity contribution is 6.31. The Morgan fingerprint density at radius 1 is 0.958 bits per heavy atom. The number of halogens is 1. The van der Waals surface area contributed by atoms with Crippen molar-refractivity contribution in [2.75, 3.05) is 32.0 Å². The van der Waals surface area contributed by atoms with E-state index in [-0.39, 0.29) is 36.1 Å². The fourth-order valence-corrected chi connectivity index (χ4v) is 6.39. The van der Waals surface area contributed by atoms with Gasteiger partial charge >= 0.3 is 0 Å². The van der Waals surface area contributed by atoms with Crippen LogP contribution in [-0.4, -0.2) is 71.5 Å². The van der Waals surface area contributed by atoms with E-state index in [0.29, 0.717) is 89.6 Å². The minimum atomic E-state index is -0.219. The van der Waals surface area contributed by atoms with Gasteiger partial charge in [0, 0.05) is 30.1 Å². The lowest BCUT2D eigenvalue weighted by Gasteiger charge is -2.26. The number of aryl methyl sites for hydroxylation is 1. The minimum Gasteiger partial charge on any atom is -0.508 e. The van der Waals surface area contributed by atoms with E-state index in [0.717, 1.165) is 11.1 Å². The number of benzene rings is 3. The molecule has 0 spiro atoms. The molecule has 1 fully saturated rings. The van der Waals surface area contributed by atoms with Crippen molar-refractivity contribution in [3.8, 4) is 17.0 Å². The van der Waals surface area contributed by atoms with Crippen molar-refractivity contribution in [1.29, 1.82) is 0 Å². The van der Waals surface area contributed by atoms with Crippen molar-refractivity contribution >= 4 is 45.3 Å². The standard InChI is InChI=1S/C35H33ClN8O4/c36-26-11-2-1-6-24(26)19-43-28(20-44-34-31(33(37)38-21-39-34)32(41-44)23-9-3-10-25(45)18-23)40-27-12-4-7-22(30(27)35(43)47)8-5-13-29(46)42-14-16-48-17-15-42/h1-4,6-7,9-12,18,21,45H,5,8,13-17,19-20H2,(H2,37,38,39). The number of anilines is 1. The number of carbonyl (C=O) groups is 1. The summed E-state index contributed by atoms with van der Waals surface area (Å²) < 4.78 is 8.64. The topological polar surface area (TPSA) is 154 Å². The quantitative estimate of drug-likeness (QED) is 0.229. The molecule has 0 atom stereocenters. The van der Waals surface area contributed by atoms with Crippen LogP contribution in [-0.2, 0) is 29.0 Å². The molecule has 0 unspecified atom stereocenters. The van der Waals surface area contributed by atoms with E-state index in [2.05, 4.69) is 9.97 Å². The minimum absolute atomic E-state index is 0.0802. The molecule has 1 aliphatic heterocycles. The van der Waals surface area contributed by atoms with Gasteiger partial charge in [0.15, 0.2) is 5.65 Å². The normalized spacial score (nSPS) is 13.4. The molecule has 0 saturated carbocycles. The van der Waals surface area contributed by atoms with E-state index in [4.69, 9.17) is 32.2 Å². The number of hydrogen-bond acceptors (Lipinski definition) is 9. The van der Waals surface area contributed by atoms with Gasteiger partial charge in [-0.05, 0) is 48.2 Å². The summed E-state index contributed by atoms with van der Waals surface area (Å²) in [7, 11) is 0. The Kier molecular flexibility index (Phi) is 8.74. The SMILES string of the molecule is Nc1ncnc2c1c(-c1cccc(O)c1)nn2Cc1nc2cccc(CCCC(=O)N3CCOCC3)c2c(=O)n1Cc1ccccc1Cl. The molecule has 244 valence electrons. The van der Waals surface area contributed by atoms with Gasteiger partial charge in [0.1, 0.15) is 36.0 Å². The molecular weight excluding hydrogens is 632 g/mol. The molecule has 4 heterocycles. The first kappa shape index (κ1) is 31.3. The molecule has 12 nitrogen and oxygen atoms in total. The van der Waals surface area contributed by atoms with E-state index in [1.54, 1.807) is 33.5 Å². The molecule has 7 rings (SSSR count). The fraction of sp³-hybridized carbons (Fsp3) is 0.257. The third-order valence-corrected chi connectivity index (χ3v) is 8.97. The smallest absolute Gasteiger partial charge is 0.262 e. The summed E-state index contributed by atoms with van der Waals surface area (Å²) >= 11 is 6.58. The second-order valence-electron chi connectivity index (χ2n) is 11.7. The number of nitrogens with two attached hydrogens (primary N) is 1. The van der Waals surface area contributed by atoms with Crippen LogP contribution >= 0.6 is 11.6 Å². The van der Waals surface area contributed by atoms with Crippen molar-refractivity contribution in [2.24, 2.45) is 0 Å². The molecule has 6 aromatic rings. The van der Waals surface area contributed by atoms with E-state index in [1.165, 1.54) is 6.33 Å². The number of amides is 1. The number of hydrogen-bond donors (Lipinski definition) is 2. The van der Waals surface area contributed by atoms with E-state index in [9.17, 15) is 14.7 Å². The van der Waals surface area contributed by atoms with Gasteiger partial charge in [-0.25, -0.2) is 19.6 Å². The number of ether oxygens (including phenoxy) is 1. The summed E-state index contributed by atoms with van der Waals surface area (Å²) in [5.41, 5.74) is 9.82. The highest BCUT2D eigenvalue weighted by Crippen LogP contribution is 2.32. The lowest BCUT2D eigenvalue weighted by atomic mass is 10.0. The molecule has 3 aromatic heterocycles. The number of phenolic OH excluding ortho intramolecular Hbond substituents is 1. The Labute approximate surface area is 280 Å². The number of rotatable bonds is 9. The third kappa shape index (κ3) is 6.19. The monoisotopic (exact) mass is 664 g/mol. The molecule has 48 heavy (non-hydrogen) atoms. The zero-order chi connectivity index (χ0) is 33.2. The molecule has 3 aromatic carbocycles. The van der Waals surface area contributed by atoms with Crippen LogP contribution in [0, 0.1) is 0 Å². The number of fused-ring (bicyclic) bond motifs is 2. The van der Waals surface area contributed by atoms with Gasteiger partial charge in [-0.3, -0.25) is 14.2 Å². The Morgan fingerprint density at radius 2 is 1.75 bits per heavy atom. The summed E-state index contributed by atoms with van der Waals surface area (Å²) in [6.45, 7) is 2.58. The van der Waals surface area contributed by atoms with Gasteiger partial charge in [-0.2, -0.15) is 5.10 Å². The highest BCUT2D eigenvalue weighted by atomic mass is 35.5. The van der Waals surface area contributed by atoms with Crippen LogP contribution in [0.15, 0.2) is 77.9 Å². The number of nitrogens with zero attached hydrogens (tertiary/aromatic N) is 7. The predicted molar refractivity (Wildman–Crippen MR) is 183 cm³/mol.